The van der Waals surface area contributed by atoms with E-state index < -0.39 is 5.97 Å². The molecule has 0 aliphatic heterocycles. The van der Waals surface area contributed by atoms with Gasteiger partial charge in [-0.2, -0.15) is 0 Å². The van der Waals surface area contributed by atoms with E-state index in [-0.39, 0.29) is 5.69 Å². The predicted octanol–water partition coefficient (Wildman–Crippen LogP) is 2.41. The lowest BCUT2D eigenvalue weighted by Crippen LogP contribution is -2.06. The molecule has 0 saturated heterocycles. The minimum absolute atomic E-state index is 0.0552. The van der Waals surface area contributed by atoms with Crippen molar-refractivity contribution in [2.24, 2.45) is 0 Å². The first kappa shape index (κ1) is 12.5. The number of rotatable bonds is 5. The Bertz CT molecular complexity index is 554. The summed E-state index contributed by atoms with van der Waals surface area (Å²) in [6.07, 6.45) is 3.77. The summed E-state index contributed by atoms with van der Waals surface area (Å²) in [4.78, 5) is 21.0. The van der Waals surface area contributed by atoms with Crippen molar-refractivity contribution in [3.8, 4) is 0 Å². The first-order chi connectivity index (χ1) is 8.69. The lowest BCUT2D eigenvalue weighted by Gasteiger charge is -2.03. The molecule has 0 bridgehead atoms. The highest BCUT2D eigenvalue weighted by atomic mass is 32.1. The Balaban J connectivity index is 2.01. The number of anilines is 1. The number of aromatic carboxylic acids is 1. The molecule has 6 heteroatoms. The van der Waals surface area contributed by atoms with Crippen LogP contribution in [-0.4, -0.2) is 21.0 Å². The third-order valence-electron chi connectivity index (χ3n) is 2.36. The predicted molar refractivity (Wildman–Crippen MR) is 70.0 cm³/mol. The van der Waals surface area contributed by atoms with E-state index in [1.165, 1.54) is 22.1 Å². The maximum atomic E-state index is 10.7. The van der Waals surface area contributed by atoms with Crippen LogP contribution < -0.4 is 5.32 Å². The van der Waals surface area contributed by atoms with E-state index in [0.29, 0.717) is 12.4 Å². The van der Waals surface area contributed by atoms with Gasteiger partial charge in [0, 0.05) is 9.75 Å². The van der Waals surface area contributed by atoms with Crippen LogP contribution in [0.3, 0.4) is 0 Å². The van der Waals surface area contributed by atoms with E-state index in [2.05, 4.69) is 34.3 Å². The van der Waals surface area contributed by atoms with Gasteiger partial charge in [-0.3, -0.25) is 4.98 Å². The molecule has 0 aliphatic carbocycles. The first-order valence-corrected chi connectivity index (χ1v) is 6.37. The van der Waals surface area contributed by atoms with Crippen molar-refractivity contribution in [3.63, 3.8) is 0 Å². The van der Waals surface area contributed by atoms with Crippen LogP contribution in [-0.2, 0) is 13.0 Å². The molecule has 0 amide bonds. The summed E-state index contributed by atoms with van der Waals surface area (Å²) in [5.41, 5.74) is -0.0552. The second-order valence-corrected chi connectivity index (χ2v) is 4.92. The number of hydrogen-bond acceptors (Lipinski definition) is 5. The van der Waals surface area contributed by atoms with Crippen LogP contribution in [0.25, 0.3) is 0 Å². The maximum Gasteiger partial charge on any atom is 0.356 e. The normalized spacial score (nSPS) is 10.3. The van der Waals surface area contributed by atoms with Gasteiger partial charge < -0.3 is 10.4 Å². The second kappa shape index (κ2) is 5.59. The SMILES string of the molecule is CCc1ccc(CNc2cncc(C(=O)O)n2)s1. The number of nitrogens with zero attached hydrogens (tertiary/aromatic N) is 2. The Kier molecular flexibility index (Phi) is 3.88. The zero-order chi connectivity index (χ0) is 13.0. The van der Waals surface area contributed by atoms with Gasteiger partial charge in [0.1, 0.15) is 5.82 Å². The topological polar surface area (TPSA) is 75.1 Å². The van der Waals surface area contributed by atoms with Crippen LogP contribution in [0.4, 0.5) is 5.82 Å². The third kappa shape index (κ3) is 3.04. The van der Waals surface area contributed by atoms with Gasteiger partial charge in [-0.1, -0.05) is 6.92 Å². The van der Waals surface area contributed by atoms with Crippen LogP contribution >= 0.6 is 11.3 Å². The largest absolute Gasteiger partial charge is 0.476 e. The molecule has 0 aromatic carbocycles. The van der Waals surface area contributed by atoms with E-state index in [9.17, 15) is 4.79 Å². The van der Waals surface area contributed by atoms with E-state index in [1.54, 1.807) is 11.3 Å². The highest BCUT2D eigenvalue weighted by Gasteiger charge is 2.06. The fraction of sp³-hybridized carbons (Fsp3) is 0.250. The minimum atomic E-state index is -1.07. The van der Waals surface area contributed by atoms with Crippen molar-refractivity contribution in [2.75, 3.05) is 5.32 Å². The van der Waals surface area contributed by atoms with Gasteiger partial charge >= 0.3 is 5.97 Å². The highest BCUT2D eigenvalue weighted by molar-refractivity contribution is 7.12. The van der Waals surface area contributed by atoms with Crippen LogP contribution in [0, 0.1) is 0 Å². The molecule has 0 aliphatic rings. The van der Waals surface area contributed by atoms with Crippen molar-refractivity contribution in [1.82, 2.24) is 9.97 Å². The molecule has 18 heavy (non-hydrogen) atoms. The van der Waals surface area contributed by atoms with E-state index >= 15 is 0 Å². The van der Waals surface area contributed by atoms with Crippen molar-refractivity contribution < 1.29 is 9.90 Å². The summed E-state index contributed by atoms with van der Waals surface area (Å²) < 4.78 is 0. The smallest absolute Gasteiger partial charge is 0.356 e. The Labute approximate surface area is 109 Å². The van der Waals surface area contributed by atoms with Crippen LogP contribution in [0.1, 0.15) is 27.2 Å². The molecule has 0 radical (unpaired) electrons. The van der Waals surface area contributed by atoms with E-state index in [4.69, 9.17) is 5.11 Å². The molecule has 94 valence electrons. The molecule has 5 nitrogen and oxygen atoms in total. The Morgan fingerprint density at radius 1 is 1.39 bits per heavy atom. The van der Waals surface area contributed by atoms with Crippen molar-refractivity contribution in [1.29, 1.82) is 0 Å². The number of hydrogen-bond donors (Lipinski definition) is 2. The number of aryl methyl sites for hydroxylation is 1. The number of nitrogens with one attached hydrogen (secondary N) is 1. The van der Waals surface area contributed by atoms with Gasteiger partial charge in [0.05, 0.1) is 18.9 Å². The van der Waals surface area contributed by atoms with Gasteiger partial charge in [0.25, 0.3) is 0 Å². The lowest BCUT2D eigenvalue weighted by molar-refractivity contribution is 0.0690. The van der Waals surface area contributed by atoms with E-state index in [0.717, 1.165) is 6.42 Å². The molecule has 2 N–H and O–H groups in total. The fourth-order valence-electron chi connectivity index (χ4n) is 1.44. The minimum Gasteiger partial charge on any atom is -0.476 e. The molecular weight excluding hydrogens is 250 g/mol. The molecule has 0 atom stereocenters. The Morgan fingerprint density at radius 2 is 2.17 bits per heavy atom. The lowest BCUT2D eigenvalue weighted by atomic mass is 10.3. The average Bonchev–Trinajstić information content (AvgIpc) is 2.84. The van der Waals surface area contributed by atoms with Gasteiger partial charge in [-0.05, 0) is 18.6 Å². The standard InChI is InChI=1S/C12H13N3O2S/c1-2-8-3-4-9(18-8)5-14-11-7-13-6-10(15-11)12(16)17/h3-4,6-7H,2,5H2,1H3,(H,14,15)(H,16,17). The number of carbonyl (C=O) groups is 1. The fourth-order valence-corrected chi connectivity index (χ4v) is 2.34. The zero-order valence-corrected chi connectivity index (χ0v) is 10.7. The molecule has 0 spiro atoms. The quantitative estimate of drug-likeness (QED) is 0.866. The second-order valence-electron chi connectivity index (χ2n) is 3.67. The molecule has 0 unspecified atom stereocenters. The van der Waals surface area contributed by atoms with Gasteiger partial charge in [0.2, 0.25) is 0 Å². The first-order valence-electron chi connectivity index (χ1n) is 5.56. The Hall–Kier alpha value is -1.95. The van der Waals surface area contributed by atoms with Crippen LogP contribution in [0.2, 0.25) is 0 Å². The van der Waals surface area contributed by atoms with Crippen molar-refractivity contribution in [2.45, 2.75) is 19.9 Å². The molecule has 0 saturated carbocycles. The molecule has 2 rings (SSSR count). The van der Waals surface area contributed by atoms with Gasteiger partial charge in [-0.15, -0.1) is 11.3 Å². The molecular formula is C12H13N3O2S. The van der Waals surface area contributed by atoms with Crippen molar-refractivity contribution >= 4 is 23.1 Å². The van der Waals surface area contributed by atoms with Gasteiger partial charge in [0.15, 0.2) is 5.69 Å². The number of aromatic nitrogens is 2. The summed E-state index contributed by atoms with van der Waals surface area (Å²) in [7, 11) is 0. The summed E-state index contributed by atoms with van der Waals surface area (Å²) in [5.74, 6) is -0.600. The summed E-state index contributed by atoms with van der Waals surface area (Å²) in [6.45, 7) is 2.74. The Morgan fingerprint density at radius 3 is 2.83 bits per heavy atom. The van der Waals surface area contributed by atoms with Crippen LogP contribution in [0.15, 0.2) is 24.5 Å². The van der Waals surface area contributed by atoms with Crippen LogP contribution in [0.5, 0.6) is 0 Å². The monoisotopic (exact) mass is 263 g/mol. The highest BCUT2D eigenvalue weighted by Crippen LogP contribution is 2.17. The third-order valence-corrected chi connectivity index (χ3v) is 3.59. The van der Waals surface area contributed by atoms with E-state index in [1.807, 2.05) is 0 Å². The molecule has 2 heterocycles. The maximum absolute atomic E-state index is 10.7. The number of carboxylic acid groups (broad SMARTS) is 1. The number of thiophene rings is 1. The summed E-state index contributed by atoms with van der Waals surface area (Å²) in [5, 5.41) is 11.9. The van der Waals surface area contributed by atoms with Crippen molar-refractivity contribution in [3.05, 3.63) is 40.0 Å². The average molecular weight is 263 g/mol. The molecule has 2 aromatic heterocycles. The van der Waals surface area contributed by atoms with Gasteiger partial charge in [-0.25, -0.2) is 9.78 Å². The summed E-state index contributed by atoms with van der Waals surface area (Å²) >= 11 is 1.74. The molecule has 0 fully saturated rings. The zero-order valence-electron chi connectivity index (χ0n) is 9.88. The molecule has 2 aromatic rings. The number of carboxylic acids is 1. The summed E-state index contributed by atoms with van der Waals surface area (Å²) in [6, 6.07) is 4.16.